The van der Waals surface area contributed by atoms with Crippen molar-refractivity contribution in [3.63, 3.8) is 0 Å². The van der Waals surface area contributed by atoms with Crippen LogP contribution in [0.1, 0.15) is 10.6 Å². The third-order valence-corrected chi connectivity index (χ3v) is 1.47. The average molecular weight is 231 g/mol. The molecule has 0 fully saturated rings. The van der Waals surface area contributed by atoms with Crippen LogP contribution in [-0.2, 0) is 37.5 Å². The van der Waals surface area contributed by atoms with Gasteiger partial charge in [-0.05, 0) is 0 Å². The van der Waals surface area contributed by atoms with Gasteiger partial charge in [0.15, 0.2) is 0 Å². The van der Waals surface area contributed by atoms with Crippen LogP contribution >= 0.6 is 11.5 Å². The van der Waals surface area contributed by atoms with E-state index in [4.69, 9.17) is 0 Å². The Bertz CT molecular complexity index is 201. The Morgan fingerprint density at radius 1 is 1.60 bits per heavy atom. The fourth-order valence-electron chi connectivity index (χ4n) is 0.326. The molecule has 0 saturated heterocycles. The Kier molecular flexibility index (Phi) is 7.87. The molecule has 0 unspecified atom stereocenters. The van der Waals surface area contributed by atoms with E-state index in [0.717, 1.165) is 11.5 Å². The van der Waals surface area contributed by atoms with E-state index in [9.17, 15) is 4.79 Å². The number of carbonyl (C=O) groups excluding carboxylic acids is 1. The first kappa shape index (κ1) is 13.0. The predicted molar refractivity (Wildman–Crippen MR) is 35.9 cm³/mol. The standard InChI is InChI=1S/C4H3N2OS.CH3.Y/c1-3-4(2-7)8-6-5-3;;/h1H3;1H3;/q2*-1;+3. The van der Waals surface area contributed by atoms with Crippen LogP contribution in [0, 0.1) is 14.4 Å². The second kappa shape index (κ2) is 6.07. The molecule has 1 rings (SSSR count). The molecular formula is C5H6N2OSY+. The minimum Gasteiger partial charge on any atom is -0.417 e. The van der Waals surface area contributed by atoms with E-state index in [0.29, 0.717) is 10.6 Å². The van der Waals surface area contributed by atoms with Crippen molar-refractivity contribution in [2.45, 2.75) is 6.92 Å². The zero-order chi connectivity index (χ0) is 5.98. The summed E-state index contributed by atoms with van der Waals surface area (Å²) in [6.07, 6.45) is 1.72. The van der Waals surface area contributed by atoms with Crippen molar-refractivity contribution in [3.05, 3.63) is 18.0 Å². The summed E-state index contributed by atoms with van der Waals surface area (Å²) in [5.74, 6) is 0. The summed E-state index contributed by atoms with van der Waals surface area (Å²) >= 11 is 1.06. The van der Waals surface area contributed by atoms with Crippen LogP contribution in [0.2, 0.25) is 0 Å². The summed E-state index contributed by atoms with van der Waals surface area (Å²) in [6.45, 7) is 1.73. The third kappa shape index (κ3) is 2.95. The zero-order valence-electron chi connectivity index (χ0n) is 5.79. The molecule has 0 bridgehead atoms. The molecule has 5 heteroatoms. The molecule has 0 aliphatic heterocycles. The van der Waals surface area contributed by atoms with Crippen molar-refractivity contribution in [2.24, 2.45) is 0 Å². The molecule has 10 heavy (non-hydrogen) atoms. The summed E-state index contributed by atoms with van der Waals surface area (Å²) < 4.78 is 3.52. The molecule has 0 amide bonds. The molecule has 0 spiro atoms. The average Bonchev–Trinajstić information content (AvgIpc) is 2.14. The monoisotopic (exact) mass is 231 g/mol. The van der Waals surface area contributed by atoms with Crippen LogP contribution < -0.4 is 0 Å². The van der Waals surface area contributed by atoms with Gasteiger partial charge in [0, 0.05) is 6.29 Å². The SMILES string of the molecule is Cc1nnsc1[C-]=O.[CH3-].[Y+3]. The molecule has 0 N–H and O–H groups in total. The molecule has 0 aliphatic rings. The van der Waals surface area contributed by atoms with Crippen molar-refractivity contribution in [1.82, 2.24) is 9.59 Å². The topological polar surface area (TPSA) is 42.9 Å². The maximum Gasteiger partial charge on any atom is 3.00 e. The molecular weight excluding hydrogens is 225 g/mol. The Morgan fingerprint density at radius 2 is 2.20 bits per heavy atom. The van der Waals surface area contributed by atoms with Crippen molar-refractivity contribution < 1.29 is 37.5 Å². The van der Waals surface area contributed by atoms with Crippen LogP contribution in [0.3, 0.4) is 0 Å². The summed E-state index contributed by atoms with van der Waals surface area (Å²) in [4.78, 5) is 10.4. The molecule has 0 saturated carbocycles. The quantitative estimate of drug-likeness (QED) is 0.670. The maximum atomic E-state index is 9.89. The van der Waals surface area contributed by atoms with Crippen molar-refractivity contribution in [2.75, 3.05) is 0 Å². The van der Waals surface area contributed by atoms with E-state index >= 15 is 0 Å². The third-order valence-electron chi connectivity index (χ3n) is 0.744. The van der Waals surface area contributed by atoms with Gasteiger partial charge in [0.2, 0.25) is 0 Å². The minimum absolute atomic E-state index is 0. The summed E-state index contributed by atoms with van der Waals surface area (Å²) in [6, 6.07) is 0. The molecule has 1 heterocycles. The molecule has 1 aromatic rings. The van der Waals surface area contributed by atoms with Crippen molar-refractivity contribution in [1.29, 1.82) is 0 Å². The molecule has 0 atom stereocenters. The van der Waals surface area contributed by atoms with Gasteiger partial charge in [-0.25, -0.2) is 5.10 Å². The Balaban J connectivity index is 0. The van der Waals surface area contributed by atoms with E-state index in [-0.39, 0.29) is 40.1 Å². The van der Waals surface area contributed by atoms with Gasteiger partial charge in [-0.15, -0.1) is 4.49 Å². The van der Waals surface area contributed by atoms with E-state index in [2.05, 4.69) is 9.59 Å². The fourth-order valence-corrected chi connectivity index (χ4v) is 0.782. The predicted octanol–water partition coefficient (Wildman–Crippen LogP) is 0.752. The first-order valence-electron chi connectivity index (χ1n) is 2.01. The van der Waals surface area contributed by atoms with Crippen molar-refractivity contribution >= 4 is 17.8 Å². The normalized spacial score (nSPS) is 7.30. The van der Waals surface area contributed by atoms with Crippen LogP contribution in [-0.4, -0.2) is 15.9 Å². The van der Waals surface area contributed by atoms with Gasteiger partial charge in [0.05, 0.1) is 0 Å². The smallest absolute Gasteiger partial charge is 0.417 e. The van der Waals surface area contributed by atoms with Gasteiger partial charge < -0.3 is 12.2 Å². The molecule has 0 radical (unpaired) electrons. The molecule has 50 valence electrons. The first-order chi connectivity index (χ1) is 3.84. The maximum absolute atomic E-state index is 9.89. The van der Waals surface area contributed by atoms with E-state index in [1.165, 1.54) is 0 Å². The number of aryl methyl sites for hydroxylation is 1. The molecule has 3 nitrogen and oxygen atoms in total. The number of aromatic nitrogens is 2. The van der Waals surface area contributed by atoms with Crippen molar-refractivity contribution in [3.8, 4) is 0 Å². The summed E-state index contributed by atoms with van der Waals surface area (Å²) in [5, 5.41) is 3.59. The van der Waals surface area contributed by atoms with E-state index in [1.807, 2.05) is 0 Å². The number of nitrogens with zero attached hydrogens (tertiary/aromatic N) is 2. The molecule has 0 aromatic carbocycles. The largest absolute Gasteiger partial charge is 3.00 e. The zero-order valence-corrected chi connectivity index (χ0v) is 9.44. The fraction of sp³-hybridized carbons (Fsp3) is 0.200. The van der Waals surface area contributed by atoms with Gasteiger partial charge in [-0.3, -0.25) is 0 Å². The van der Waals surface area contributed by atoms with Gasteiger partial charge >= 0.3 is 32.7 Å². The van der Waals surface area contributed by atoms with E-state index in [1.54, 1.807) is 13.2 Å². The van der Waals surface area contributed by atoms with Gasteiger partial charge in [0.1, 0.15) is 0 Å². The van der Waals surface area contributed by atoms with Gasteiger partial charge in [-0.1, -0.05) is 29.0 Å². The number of rotatable bonds is 1. The second-order valence-electron chi connectivity index (χ2n) is 1.29. The Hall–Kier alpha value is 0.334. The van der Waals surface area contributed by atoms with Crippen LogP contribution in [0.15, 0.2) is 0 Å². The van der Waals surface area contributed by atoms with E-state index < -0.39 is 0 Å². The van der Waals surface area contributed by atoms with Gasteiger partial charge in [0.25, 0.3) is 0 Å². The van der Waals surface area contributed by atoms with Crippen LogP contribution in [0.4, 0.5) is 0 Å². The van der Waals surface area contributed by atoms with Gasteiger partial charge in [-0.2, -0.15) is 0 Å². The second-order valence-corrected chi connectivity index (χ2v) is 2.04. The van der Waals surface area contributed by atoms with Crippen LogP contribution in [0.25, 0.3) is 0 Å². The Labute approximate surface area is 89.3 Å². The van der Waals surface area contributed by atoms with Crippen LogP contribution in [0.5, 0.6) is 0 Å². The summed E-state index contributed by atoms with van der Waals surface area (Å²) in [7, 11) is 0. The number of hydrogen-bond acceptors (Lipinski definition) is 4. The molecule has 0 aliphatic carbocycles. The first-order valence-corrected chi connectivity index (χ1v) is 2.79. The molecule has 1 aromatic heterocycles. The Morgan fingerprint density at radius 3 is 2.40 bits per heavy atom. The number of hydrogen-bond donors (Lipinski definition) is 0. The minimum atomic E-state index is 0. The summed E-state index contributed by atoms with van der Waals surface area (Å²) in [5.41, 5.74) is 0.657.